The van der Waals surface area contributed by atoms with E-state index >= 15 is 0 Å². The van der Waals surface area contributed by atoms with Crippen molar-refractivity contribution in [2.75, 3.05) is 20.2 Å². The Morgan fingerprint density at radius 2 is 1.81 bits per heavy atom. The minimum absolute atomic E-state index is 0.0212. The Balaban J connectivity index is 2.12. The molecule has 2 rings (SSSR count). The second kappa shape index (κ2) is 10.2. The summed E-state index contributed by atoms with van der Waals surface area (Å²) in [6.45, 7) is 4.66. The summed E-state index contributed by atoms with van der Waals surface area (Å²) in [5, 5.41) is 0. The second-order valence-corrected chi connectivity index (χ2v) is 9.76. The van der Waals surface area contributed by atoms with E-state index in [1.807, 2.05) is 6.07 Å². The molecule has 11 nitrogen and oxygen atoms in total. The van der Waals surface area contributed by atoms with Crippen LogP contribution in [0.1, 0.15) is 39.2 Å². The fraction of sp³-hybridized carbons (Fsp3) is 0.550. The smallest absolute Gasteiger partial charge is 0.422 e. The van der Waals surface area contributed by atoms with Gasteiger partial charge in [0.05, 0.1) is 13.7 Å². The molecule has 1 aliphatic rings. The average Bonchev–Trinajstić information content (AvgIpc) is 2.69. The fourth-order valence-electron chi connectivity index (χ4n) is 3.20. The van der Waals surface area contributed by atoms with Gasteiger partial charge >= 0.3 is 28.4 Å². The Labute approximate surface area is 187 Å². The lowest BCUT2D eigenvalue weighted by Gasteiger charge is -2.40. The van der Waals surface area contributed by atoms with Gasteiger partial charge in [0.15, 0.2) is 0 Å². The van der Waals surface area contributed by atoms with Crippen LogP contribution in [0, 0.1) is 0 Å². The van der Waals surface area contributed by atoms with Crippen LogP contribution in [0.5, 0.6) is 0 Å². The van der Waals surface area contributed by atoms with Gasteiger partial charge < -0.3 is 19.1 Å². The highest BCUT2D eigenvalue weighted by atomic mass is 32.2. The summed E-state index contributed by atoms with van der Waals surface area (Å²) in [5.74, 6) is -0.896. The average molecular weight is 472 g/mol. The Hall–Kier alpha value is -2.86. The third-order valence-corrected chi connectivity index (χ3v) is 5.57. The van der Waals surface area contributed by atoms with Crippen LogP contribution in [0.4, 0.5) is 9.59 Å². The number of nitrogens with one attached hydrogen (secondary N) is 2. The number of hydrogen-bond donors (Lipinski definition) is 2. The van der Waals surface area contributed by atoms with E-state index in [9.17, 15) is 22.8 Å². The van der Waals surface area contributed by atoms with Gasteiger partial charge in [-0.15, -0.1) is 0 Å². The van der Waals surface area contributed by atoms with Crippen molar-refractivity contribution in [2.24, 2.45) is 0 Å². The first-order valence-corrected chi connectivity index (χ1v) is 11.4. The first-order chi connectivity index (χ1) is 14.9. The third-order valence-electron chi connectivity index (χ3n) is 4.48. The fourth-order valence-corrected chi connectivity index (χ4v) is 4.28. The lowest BCUT2D eigenvalue weighted by Crippen LogP contribution is -2.66. The van der Waals surface area contributed by atoms with E-state index in [1.165, 1.54) is 4.90 Å². The van der Waals surface area contributed by atoms with Crippen molar-refractivity contribution in [3.05, 3.63) is 35.9 Å². The number of carbonyl (C=O) groups excluding carboxylic acids is 3. The van der Waals surface area contributed by atoms with Crippen LogP contribution in [0.2, 0.25) is 0 Å². The molecule has 32 heavy (non-hydrogen) atoms. The van der Waals surface area contributed by atoms with Crippen molar-refractivity contribution in [2.45, 2.75) is 51.4 Å². The molecule has 1 aliphatic heterocycles. The number of hydrogen-bond acceptors (Lipinski definition) is 8. The van der Waals surface area contributed by atoms with E-state index < -0.39 is 39.5 Å². The molecule has 1 saturated heterocycles. The number of amides is 2. The second-order valence-electron chi connectivity index (χ2n) is 8.35. The topological polar surface area (TPSA) is 140 Å². The lowest BCUT2D eigenvalue weighted by atomic mass is 9.90. The van der Waals surface area contributed by atoms with E-state index in [1.54, 1.807) is 49.8 Å². The summed E-state index contributed by atoms with van der Waals surface area (Å²) in [6.07, 6.45) is -1.57. The molecule has 0 aliphatic carbocycles. The van der Waals surface area contributed by atoms with E-state index in [-0.39, 0.29) is 26.1 Å². The summed E-state index contributed by atoms with van der Waals surface area (Å²) >= 11 is 0. The Kier molecular flexibility index (Phi) is 8.07. The summed E-state index contributed by atoms with van der Waals surface area (Å²) in [5.41, 5.74) is -1.95. The number of ether oxygens (including phenoxy) is 3. The van der Waals surface area contributed by atoms with Gasteiger partial charge in [-0.25, -0.2) is 19.1 Å². The molecule has 1 atom stereocenters. The largest absolute Gasteiger partial charge is 0.468 e. The highest BCUT2D eigenvalue weighted by Crippen LogP contribution is 2.24. The van der Waals surface area contributed by atoms with E-state index in [0.717, 1.165) is 12.7 Å². The molecule has 1 unspecified atom stereocenters. The van der Waals surface area contributed by atoms with Crippen molar-refractivity contribution in [1.29, 1.82) is 0 Å². The molecule has 0 aromatic heterocycles. The molecule has 178 valence electrons. The van der Waals surface area contributed by atoms with Gasteiger partial charge in [-0.1, -0.05) is 30.3 Å². The number of rotatable bonds is 6. The molecule has 0 saturated carbocycles. The molecule has 1 heterocycles. The maximum absolute atomic E-state index is 12.6. The van der Waals surface area contributed by atoms with Crippen LogP contribution in [0.25, 0.3) is 0 Å². The first-order valence-electron chi connectivity index (χ1n) is 9.94. The van der Waals surface area contributed by atoms with Crippen LogP contribution >= 0.6 is 0 Å². The predicted molar refractivity (Wildman–Crippen MR) is 114 cm³/mol. The van der Waals surface area contributed by atoms with E-state index in [0.29, 0.717) is 6.42 Å². The van der Waals surface area contributed by atoms with Crippen LogP contribution in [-0.2, 0) is 35.8 Å². The number of likely N-dealkylation sites (tertiary alicyclic amines) is 1. The predicted octanol–water partition coefficient (Wildman–Crippen LogP) is 1.69. The molecule has 0 spiro atoms. The van der Waals surface area contributed by atoms with Gasteiger partial charge in [0.1, 0.15) is 17.7 Å². The minimum atomic E-state index is -4.52. The van der Waals surface area contributed by atoms with E-state index in [4.69, 9.17) is 14.2 Å². The summed E-state index contributed by atoms with van der Waals surface area (Å²) in [7, 11) is -3.42. The Morgan fingerprint density at radius 3 is 2.41 bits per heavy atom. The van der Waals surface area contributed by atoms with Gasteiger partial charge in [0.2, 0.25) is 0 Å². The molecular formula is C20H29N3O8S. The Bertz CT molecular complexity index is 930. The summed E-state index contributed by atoms with van der Waals surface area (Å²) in [6, 6.07) is 9.02. The number of piperidine rings is 1. The number of methoxy groups -OCH3 is 1. The Morgan fingerprint density at radius 1 is 1.16 bits per heavy atom. The lowest BCUT2D eigenvalue weighted by molar-refractivity contribution is -0.149. The van der Waals surface area contributed by atoms with Crippen LogP contribution < -0.4 is 9.44 Å². The van der Waals surface area contributed by atoms with Crippen LogP contribution in [-0.4, -0.2) is 62.8 Å². The SMILES string of the molecule is COC(=O)C1(NS(=O)(=O)NC(=O)OC(C)(C)C)CCCN(C(=O)OCc2ccccc2)C1. The van der Waals surface area contributed by atoms with Gasteiger partial charge in [-0.2, -0.15) is 13.1 Å². The number of benzene rings is 1. The maximum Gasteiger partial charge on any atom is 0.422 e. The molecular weight excluding hydrogens is 442 g/mol. The van der Waals surface area contributed by atoms with Crippen LogP contribution in [0.3, 0.4) is 0 Å². The molecule has 0 bridgehead atoms. The minimum Gasteiger partial charge on any atom is -0.468 e. The molecule has 1 fully saturated rings. The van der Waals surface area contributed by atoms with Gasteiger partial charge in [0, 0.05) is 6.54 Å². The highest BCUT2D eigenvalue weighted by molar-refractivity contribution is 7.88. The zero-order valence-corrected chi connectivity index (χ0v) is 19.4. The van der Waals surface area contributed by atoms with Crippen molar-refractivity contribution in [3.63, 3.8) is 0 Å². The van der Waals surface area contributed by atoms with Crippen molar-refractivity contribution in [1.82, 2.24) is 14.3 Å². The van der Waals surface area contributed by atoms with Gasteiger partial charge in [0.25, 0.3) is 0 Å². The van der Waals surface area contributed by atoms with Crippen molar-refractivity contribution < 1.29 is 37.0 Å². The van der Waals surface area contributed by atoms with Crippen molar-refractivity contribution in [3.8, 4) is 0 Å². The molecule has 0 radical (unpaired) electrons. The van der Waals surface area contributed by atoms with Crippen molar-refractivity contribution >= 4 is 28.4 Å². The number of carbonyl (C=O) groups is 3. The number of nitrogens with zero attached hydrogens (tertiary/aromatic N) is 1. The number of esters is 1. The van der Waals surface area contributed by atoms with Gasteiger partial charge in [-0.05, 0) is 39.2 Å². The first kappa shape index (κ1) is 25.4. The quantitative estimate of drug-likeness (QED) is 0.472. The molecule has 12 heteroatoms. The monoisotopic (exact) mass is 471 g/mol. The zero-order chi connectivity index (χ0) is 24.0. The molecule has 2 amide bonds. The van der Waals surface area contributed by atoms with Crippen LogP contribution in [0.15, 0.2) is 30.3 Å². The third kappa shape index (κ3) is 7.38. The zero-order valence-electron chi connectivity index (χ0n) is 18.5. The highest BCUT2D eigenvalue weighted by Gasteiger charge is 2.48. The molecule has 2 N–H and O–H groups in total. The summed E-state index contributed by atoms with van der Waals surface area (Å²) < 4.78 is 44.0. The standard InChI is InChI=1S/C20H29N3O8S/c1-19(2,3)31-17(25)21-32(27,28)22-20(16(24)29-4)11-8-12-23(14-20)18(26)30-13-15-9-6-5-7-10-15/h5-7,9-10,22H,8,11-14H2,1-4H3,(H,21,25). The molecule has 1 aromatic carbocycles. The normalized spacial score (nSPS) is 19.1. The maximum atomic E-state index is 12.6. The molecule has 1 aromatic rings. The summed E-state index contributed by atoms with van der Waals surface area (Å²) in [4.78, 5) is 38.2. The van der Waals surface area contributed by atoms with Gasteiger partial charge in [-0.3, -0.25) is 0 Å². The van der Waals surface area contributed by atoms with E-state index in [2.05, 4.69) is 4.72 Å².